The summed E-state index contributed by atoms with van der Waals surface area (Å²) >= 11 is 0. The van der Waals surface area contributed by atoms with E-state index in [0.29, 0.717) is 22.6 Å². The number of para-hydroxylation sites is 1. The maximum absolute atomic E-state index is 12.0. The Hall–Kier alpha value is -3.48. The van der Waals surface area contributed by atoms with E-state index in [1.54, 1.807) is 18.5 Å². The molecule has 0 aliphatic heterocycles. The molecule has 4 aromatic rings. The Balaban J connectivity index is 1.78. The summed E-state index contributed by atoms with van der Waals surface area (Å²) in [5, 5.41) is 11.7. The van der Waals surface area contributed by atoms with Crippen LogP contribution < -0.4 is 5.32 Å². The minimum Gasteiger partial charge on any atom is -0.465 e. The average Bonchev–Trinajstić information content (AvgIpc) is 3.09. The Labute approximate surface area is 143 Å². The van der Waals surface area contributed by atoms with Gasteiger partial charge in [-0.15, -0.1) is 0 Å². The zero-order valence-electron chi connectivity index (χ0n) is 13.7. The summed E-state index contributed by atoms with van der Waals surface area (Å²) in [6.45, 7) is 2.01. The number of carbonyl (C=O) groups excluding carboxylic acids is 1. The van der Waals surface area contributed by atoms with Crippen LogP contribution in [0.1, 0.15) is 15.9 Å². The summed E-state index contributed by atoms with van der Waals surface area (Å²) in [5.74, 6) is 0.0294. The van der Waals surface area contributed by atoms with Crippen LogP contribution in [0.3, 0.4) is 0 Å². The molecule has 25 heavy (non-hydrogen) atoms. The lowest BCUT2D eigenvalue weighted by molar-refractivity contribution is 0.0603. The van der Waals surface area contributed by atoms with E-state index in [0.717, 1.165) is 22.0 Å². The topological polar surface area (TPSA) is 92.8 Å². The number of aromatic amines is 1. The molecule has 0 amide bonds. The minimum atomic E-state index is -0.426. The van der Waals surface area contributed by atoms with E-state index in [9.17, 15) is 4.79 Å². The van der Waals surface area contributed by atoms with E-state index in [-0.39, 0.29) is 0 Å². The number of esters is 1. The van der Waals surface area contributed by atoms with Crippen LogP contribution in [0.2, 0.25) is 0 Å². The number of hydrogen-bond donors (Lipinski definition) is 2. The van der Waals surface area contributed by atoms with Gasteiger partial charge in [-0.25, -0.2) is 14.8 Å². The zero-order chi connectivity index (χ0) is 17.4. The van der Waals surface area contributed by atoms with E-state index in [4.69, 9.17) is 4.74 Å². The molecule has 0 saturated carbocycles. The van der Waals surface area contributed by atoms with E-state index in [2.05, 4.69) is 25.5 Å². The standard InChI is InChI=1S/C18H15N5O2/c1-10-4-3-5-11-8-19-18(22-16(10)11)21-12-6-13(17(24)25-2)14-9-20-23-15(14)7-12/h3-9H,1-2H3,(H,20,23)(H,19,21,22). The van der Waals surface area contributed by atoms with E-state index < -0.39 is 5.97 Å². The van der Waals surface area contributed by atoms with Crippen molar-refractivity contribution in [2.45, 2.75) is 6.92 Å². The molecule has 2 N–H and O–H groups in total. The summed E-state index contributed by atoms with van der Waals surface area (Å²) < 4.78 is 4.85. The molecule has 0 radical (unpaired) electrons. The Morgan fingerprint density at radius 1 is 1.24 bits per heavy atom. The summed E-state index contributed by atoms with van der Waals surface area (Å²) in [6.07, 6.45) is 3.37. The zero-order valence-corrected chi connectivity index (χ0v) is 13.7. The van der Waals surface area contributed by atoms with Crippen LogP contribution in [0.4, 0.5) is 11.6 Å². The third-order valence-electron chi connectivity index (χ3n) is 4.03. The smallest absolute Gasteiger partial charge is 0.338 e. The Bertz CT molecular complexity index is 1100. The summed E-state index contributed by atoms with van der Waals surface area (Å²) in [7, 11) is 1.35. The van der Waals surface area contributed by atoms with E-state index in [1.165, 1.54) is 7.11 Å². The first-order chi connectivity index (χ1) is 12.2. The molecule has 7 heteroatoms. The fourth-order valence-electron chi connectivity index (χ4n) is 2.80. The molecule has 0 spiro atoms. The van der Waals surface area contributed by atoms with Crippen molar-refractivity contribution in [1.82, 2.24) is 20.2 Å². The molecule has 2 aromatic heterocycles. The number of anilines is 2. The SMILES string of the molecule is COC(=O)c1cc(Nc2ncc3cccc(C)c3n2)cc2[nH]ncc12. The number of aromatic nitrogens is 4. The first-order valence-electron chi connectivity index (χ1n) is 7.70. The number of hydrogen-bond acceptors (Lipinski definition) is 6. The van der Waals surface area contributed by atoms with Crippen molar-refractivity contribution in [1.29, 1.82) is 0 Å². The lowest BCUT2D eigenvalue weighted by atomic mass is 10.1. The van der Waals surface area contributed by atoms with Crippen molar-refractivity contribution in [3.63, 3.8) is 0 Å². The van der Waals surface area contributed by atoms with Gasteiger partial charge in [0.2, 0.25) is 5.95 Å². The van der Waals surface area contributed by atoms with Gasteiger partial charge < -0.3 is 10.1 Å². The monoisotopic (exact) mass is 333 g/mol. The molecule has 2 aromatic carbocycles. The maximum atomic E-state index is 12.0. The van der Waals surface area contributed by atoms with Gasteiger partial charge in [0, 0.05) is 22.7 Å². The first kappa shape index (κ1) is 15.1. The van der Waals surface area contributed by atoms with Gasteiger partial charge in [0.05, 0.1) is 29.9 Å². The largest absolute Gasteiger partial charge is 0.465 e. The lowest BCUT2D eigenvalue weighted by Gasteiger charge is -2.09. The third kappa shape index (κ3) is 2.65. The number of ether oxygens (including phenoxy) is 1. The van der Waals surface area contributed by atoms with Crippen LogP contribution in [0.15, 0.2) is 42.7 Å². The van der Waals surface area contributed by atoms with Crippen molar-refractivity contribution in [3.8, 4) is 0 Å². The second-order valence-corrected chi connectivity index (χ2v) is 5.68. The molecule has 0 unspecified atom stereocenters. The molecule has 0 aliphatic carbocycles. The predicted molar refractivity (Wildman–Crippen MR) is 95.0 cm³/mol. The summed E-state index contributed by atoms with van der Waals surface area (Å²) in [4.78, 5) is 20.9. The molecular weight excluding hydrogens is 318 g/mol. The highest BCUT2D eigenvalue weighted by molar-refractivity contribution is 6.05. The van der Waals surface area contributed by atoms with Crippen molar-refractivity contribution in [2.75, 3.05) is 12.4 Å². The van der Waals surface area contributed by atoms with Gasteiger partial charge in [-0.3, -0.25) is 5.10 Å². The fourth-order valence-corrected chi connectivity index (χ4v) is 2.80. The highest BCUT2D eigenvalue weighted by Crippen LogP contribution is 2.25. The molecule has 0 saturated heterocycles. The molecular formula is C18H15N5O2. The normalized spacial score (nSPS) is 11.0. The van der Waals surface area contributed by atoms with Crippen molar-refractivity contribution in [3.05, 3.63) is 53.9 Å². The molecule has 4 rings (SSSR count). The number of benzene rings is 2. The molecule has 0 aliphatic rings. The van der Waals surface area contributed by atoms with Gasteiger partial charge in [-0.2, -0.15) is 5.10 Å². The van der Waals surface area contributed by atoms with Gasteiger partial charge >= 0.3 is 5.97 Å². The van der Waals surface area contributed by atoms with Crippen molar-refractivity contribution in [2.24, 2.45) is 0 Å². The predicted octanol–water partition coefficient (Wildman–Crippen LogP) is 3.34. The second-order valence-electron chi connectivity index (χ2n) is 5.68. The molecule has 124 valence electrons. The van der Waals surface area contributed by atoms with Gasteiger partial charge in [-0.05, 0) is 24.6 Å². The van der Waals surface area contributed by atoms with Crippen LogP contribution in [0.5, 0.6) is 0 Å². The molecule has 0 atom stereocenters. The summed E-state index contributed by atoms with van der Waals surface area (Å²) in [5.41, 5.74) is 3.78. The number of rotatable bonds is 3. The average molecular weight is 333 g/mol. The van der Waals surface area contributed by atoms with Crippen LogP contribution in [0, 0.1) is 6.92 Å². The Kier molecular flexibility index (Phi) is 3.53. The Morgan fingerprint density at radius 2 is 2.12 bits per heavy atom. The number of H-pyrrole nitrogens is 1. The molecule has 0 fully saturated rings. The number of methoxy groups -OCH3 is 1. The lowest BCUT2D eigenvalue weighted by Crippen LogP contribution is -2.04. The Morgan fingerprint density at radius 3 is 2.96 bits per heavy atom. The van der Waals surface area contributed by atoms with Crippen LogP contribution >= 0.6 is 0 Å². The molecule has 2 heterocycles. The maximum Gasteiger partial charge on any atom is 0.338 e. The van der Waals surface area contributed by atoms with Gasteiger partial charge in [0.15, 0.2) is 0 Å². The summed E-state index contributed by atoms with van der Waals surface area (Å²) in [6, 6.07) is 9.50. The number of carbonyl (C=O) groups is 1. The van der Waals surface area contributed by atoms with Crippen LogP contribution in [-0.4, -0.2) is 33.2 Å². The van der Waals surface area contributed by atoms with Crippen LogP contribution in [0.25, 0.3) is 21.8 Å². The molecule has 7 nitrogen and oxygen atoms in total. The fraction of sp³-hybridized carbons (Fsp3) is 0.111. The molecule has 0 bridgehead atoms. The number of nitrogens with zero attached hydrogens (tertiary/aromatic N) is 3. The van der Waals surface area contributed by atoms with Gasteiger partial charge in [0.1, 0.15) is 0 Å². The van der Waals surface area contributed by atoms with Crippen LogP contribution in [-0.2, 0) is 4.74 Å². The second kappa shape index (κ2) is 5.86. The van der Waals surface area contributed by atoms with E-state index in [1.807, 2.05) is 31.2 Å². The number of nitrogens with one attached hydrogen (secondary N) is 2. The minimum absolute atomic E-state index is 0.424. The quantitative estimate of drug-likeness (QED) is 0.559. The highest BCUT2D eigenvalue weighted by Gasteiger charge is 2.14. The van der Waals surface area contributed by atoms with Gasteiger partial charge in [-0.1, -0.05) is 18.2 Å². The van der Waals surface area contributed by atoms with Crippen molar-refractivity contribution < 1.29 is 9.53 Å². The highest BCUT2D eigenvalue weighted by atomic mass is 16.5. The number of fused-ring (bicyclic) bond motifs is 2. The number of aryl methyl sites for hydroxylation is 1. The third-order valence-corrected chi connectivity index (χ3v) is 4.03. The van der Waals surface area contributed by atoms with Gasteiger partial charge in [0.25, 0.3) is 0 Å². The first-order valence-corrected chi connectivity index (χ1v) is 7.70. The van der Waals surface area contributed by atoms with Crippen molar-refractivity contribution >= 4 is 39.4 Å². The van der Waals surface area contributed by atoms with E-state index >= 15 is 0 Å².